The van der Waals surface area contributed by atoms with Crippen LogP contribution in [0.25, 0.3) is 31.9 Å². The second kappa shape index (κ2) is 6.69. The predicted octanol–water partition coefficient (Wildman–Crippen LogP) is 7.37. The number of aryl methyl sites for hydroxylation is 2. The smallest absolute Gasteiger partial charge is 0.124 e. The van der Waals surface area contributed by atoms with Crippen LogP contribution in [0.5, 0.6) is 0 Å². The van der Waals surface area contributed by atoms with Crippen molar-refractivity contribution in [2.24, 2.45) is 0 Å². The zero-order chi connectivity index (χ0) is 18.3. The number of fused-ring (bicyclic) bond motifs is 1. The Morgan fingerprint density at radius 3 is 2.35 bits per heavy atom. The van der Waals surface area contributed by atoms with E-state index in [9.17, 15) is 0 Å². The van der Waals surface area contributed by atoms with E-state index < -0.39 is 0 Å². The molecule has 0 bridgehead atoms. The highest BCUT2D eigenvalue weighted by Crippen LogP contribution is 2.36. The highest BCUT2D eigenvalue weighted by atomic mass is 32.1. The average molecular weight is 358 g/mol. The number of nitrogens with zero attached hydrogens (tertiary/aromatic N) is 1. The van der Waals surface area contributed by atoms with Crippen molar-refractivity contribution in [3.63, 3.8) is 0 Å². The van der Waals surface area contributed by atoms with Crippen LogP contribution in [-0.2, 0) is 0 Å². The maximum absolute atomic E-state index is 4.80. The van der Waals surface area contributed by atoms with Crippen molar-refractivity contribution in [2.75, 3.05) is 0 Å². The van der Waals surface area contributed by atoms with E-state index in [1.165, 1.54) is 38.1 Å². The van der Waals surface area contributed by atoms with E-state index in [0.29, 0.717) is 5.92 Å². The number of benzene rings is 3. The standard InChI is InChI=1S/C24H23NS/c1-15(2)21-13-16(3)9-11-20(21)19-12-10-18(14-17(19)4)24-25-22-7-5-6-8-23(22)26-24/h5-15H,1-4H3. The molecule has 0 aliphatic carbocycles. The van der Waals surface area contributed by atoms with Gasteiger partial charge in [-0.1, -0.05) is 61.9 Å². The van der Waals surface area contributed by atoms with E-state index >= 15 is 0 Å². The first kappa shape index (κ1) is 17.0. The SMILES string of the molecule is Cc1ccc(-c2ccc(-c3nc4ccccc4s3)cc2C)c(C(C)C)c1. The van der Waals surface area contributed by atoms with E-state index in [1.54, 1.807) is 11.3 Å². The molecule has 2 heteroatoms. The van der Waals surface area contributed by atoms with Crippen molar-refractivity contribution in [3.05, 3.63) is 77.4 Å². The van der Waals surface area contributed by atoms with Gasteiger partial charge in [0.25, 0.3) is 0 Å². The summed E-state index contributed by atoms with van der Waals surface area (Å²) in [7, 11) is 0. The van der Waals surface area contributed by atoms with E-state index in [-0.39, 0.29) is 0 Å². The van der Waals surface area contributed by atoms with E-state index in [4.69, 9.17) is 4.98 Å². The van der Waals surface area contributed by atoms with Gasteiger partial charge in [-0.05, 0) is 60.2 Å². The Morgan fingerprint density at radius 2 is 1.62 bits per heavy atom. The Hall–Kier alpha value is -2.45. The summed E-state index contributed by atoms with van der Waals surface area (Å²) in [5, 5.41) is 1.09. The predicted molar refractivity (Wildman–Crippen MR) is 114 cm³/mol. The van der Waals surface area contributed by atoms with Crippen LogP contribution in [0.3, 0.4) is 0 Å². The highest BCUT2D eigenvalue weighted by Gasteiger charge is 2.13. The minimum atomic E-state index is 0.508. The lowest BCUT2D eigenvalue weighted by Crippen LogP contribution is -1.95. The van der Waals surface area contributed by atoms with Gasteiger partial charge in [0, 0.05) is 5.56 Å². The highest BCUT2D eigenvalue weighted by molar-refractivity contribution is 7.21. The summed E-state index contributed by atoms with van der Waals surface area (Å²) in [6, 6.07) is 21.9. The third-order valence-electron chi connectivity index (χ3n) is 4.89. The van der Waals surface area contributed by atoms with Crippen molar-refractivity contribution >= 4 is 21.6 Å². The number of rotatable bonds is 3. The molecule has 4 aromatic rings. The molecule has 3 aromatic carbocycles. The van der Waals surface area contributed by atoms with Gasteiger partial charge in [0.1, 0.15) is 5.01 Å². The van der Waals surface area contributed by atoms with E-state index in [1.807, 2.05) is 6.07 Å². The van der Waals surface area contributed by atoms with Gasteiger partial charge >= 0.3 is 0 Å². The number of hydrogen-bond donors (Lipinski definition) is 0. The minimum Gasteiger partial charge on any atom is -0.236 e. The van der Waals surface area contributed by atoms with Crippen LogP contribution >= 0.6 is 11.3 Å². The fourth-order valence-corrected chi connectivity index (χ4v) is 4.46. The number of aromatic nitrogens is 1. The molecule has 0 saturated carbocycles. The molecule has 1 heterocycles. The molecule has 0 unspecified atom stereocenters. The van der Waals surface area contributed by atoms with Gasteiger partial charge in [-0.15, -0.1) is 11.3 Å². The monoisotopic (exact) mass is 357 g/mol. The molecule has 0 N–H and O–H groups in total. The van der Waals surface area contributed by atoms with Gasteiger partial charge in [-0.2, -0.15) is 0 Å². The van der Waals surface area contributed by atoms with Crippen LogP contribution in [0.2, 0.25) is 0 Å². The number of hydrogen-bond acceptors (Lipinski definition) is 2. The molecule has 0 fully saturated rings. The molecule has 4 rings (SSSR count). The molecule has 0 amide bonds. The molecule has 130 valence electrons. The lowest BCUT2D eigenvalue weighted by molar-refractivity contribution is 0.867. The summed E-state index contributed by atoms with van der Waals surface area (Å²) >= 11 is 1.76. The average Bonchev–Trinajstić information content (AvgIpc) is 3.06. The number of thiazole rings is 1. The number of para-hydroxylation sites is 1. The topological polar surface area (TPSA) is 12.9 Å². The fraction of sp³-hybridized carbons (Fsp3) is 0.208. The fourth-order valence-electron chi connectivity index (χ4n) is 3.50. The maximum atomic E-state index is 4.80. The zero-order valence-corrected chi connectivity index (χ0v) is 16.5. The van der Waals surface area contributed by atoms with Gasteiger partial charge in [0.05, 0.1) is 10.2 Å². The zero-order valence-electron chi connectivity index (χ0n) is 15.7. The summed E-state index contributed by atoms with van der Waals surface area (Å²) < 4.78 is 1.24. The minimum absolute atomic E-state index is 0.508. The quantitative estimate of drug-likeness (QED) is 0.373. The van der Waals surface area contributed by atoms with Gasteiger partial charge in [-0.25, -0.2) is 4.98 Å². The van der Waals surface area contributed by atoms with E-state index in [0.717, 1.165) is 10.5 Å². The van der Waals surface area contributed by atoms with Crippen molar-refractivity contribution in [3.8, 4) is 21.7 Å². The second-order valence-corrected chi connectivity index (χ2v) is 8.29. The van der Waals surface area contributed by atoms with Crippen LogP contribution < -0.4 is 0 Å². The Morgan fingerprint density at radius 1 is 0.846 bits per heavy atom. The van der Waals surface area contributed by atoms with Gasteiger partial charge in [-0.3, -0.25) is 0 Å². The Kier molecular flexibility index (Phi) is 4.37. The third-order valence-corrected chi connectivity index (χ3v) is 5.97. The van der Waals surface area contributed by atoms with E-state index in [2.05, 4.69) is 82.3 Å². The van der Waals surface area contributed by atoms with Gasteiger partial charge in [0.2, 0.25) is 0 Å². The van der Waals surface area contributed by atoms with Crippen LogP contribution in [0.1, 0.15) is 36.5 Å². The molecule has 26 heavy (non-hydrogen) atoms. The molecule has 1 aromatic heterocycles. The van der Waals surface area contributed by atoms with Crippen LogP contribution in [0.15, 0.2) is 60.7 Å². The Bertz CT molecular complexity index is 1060. The van der Waals surface area contributed by atoms with Crippen molar-refractivity contribution in [2.45, 2.75) is 33.6 Å². The Balaban J connectivity index is 1.79. The van der Waals surface area contributed by atoms with Gasteiger partial charge < -0.3 is 0 Å². The second-order valence-electron chi connectivity index (χ2n) is 7.26. The molecular formula is C24H23NS. The summed E-state index contributed by atoms with van der Waals surface area (Å²) in [4.78, 5) is 4.80. The van der Waals surface area contributed by atoms with Crippen LogP contribution in [0, 0.1) is 13.8 Å². The molecule has 0 aliphatic rings. The molecule has 0 saturated heterocycles. The Labute approximate surface area is 159 Å². The summed E-state index contributed by atoms with van der Waals surface area (Å²) in [5.41, 5.74) is 8.98. The van der Waals surface area contributed by atoms with Crippen molar-refractivity contribution < 1.29 is 0 Å². The molecule has 1 nitrogen and oxygen atoms in total. The molecular weight excluding hydrogens is 334 g/mol. The van der Waals surface area contributed by atoms with Crippen molar-refractivity contribution in [1.29, 1.82) is 0 Å². The van der Waals surface area contributed by atoms with Crippen LogP contribution in [-0.4, -0.2) is 4.98 Å². The maximum Gasteiger partial charge on any atom is 0.124 e. The summed E-state index contributed by atoms with van der Waals surface area (Å²) in [6.45, 7) is 8.90. The molecule has 0 spiro atoms. The largest absolute Gasteiger partial charge is 0.236 e. The summed E-state index contributed by atoms with van der Waals surface area (Å²) in [6.07, 6.45) is 0. The first-order chi connectivity index (χ1) is 12.5. The first-order valence-electron chi connectivity index (χ1n) is 9.10. The first-order valence-corrected chi connectivity index (χ1v) is 9.92. The van der Waals surface area contributed by atoms with Crippen molar-refractivity contribution in [1.82, 2.24) is 4.98 Å². The van der Waals surface area contributed by atoms with Crippen LogP contribution in [0.4, 0.5) is 0 Å². The summed E-state index contributed by atoms with van der Waals surface area (Å²) in [5.74, 6) is 0.508. The lowest BCUT2D eigenvalue weighted by atomic mass is 9.89. The molecule has 0 radical (unpaired) electrons. The molecule has 0 aliphatic heterocycles. The molecule has 0 atom stereocenters. The van der Waals surface area contributed by atoms with Gasteiger partial charge in [0.15, 0.2) is 0 Å². The lowest BCUT2D eigenvalue weighted by Gasteiger charge is -2.16. The third kappa shape index (κ3) is 3.06. The normalized spacial score (nSPS) is 11.4.